The molecular weight excluding hydrogens is 158 g/mol. The molecule has 0 amide bonds. The molecule has 0 aliphatic rings. The van der Waals surface area contributed by atoms with Crippen LogP contribution in [0, 0.1) is 0 Å². The summed E-state index contributed by atoms with van der Waals surface area (Å²) in [6.45, 7) is 6.75. The van der Waals surface area contributed by atoms with E-state index < -0.39 is 23.7 Å². The van der Waals surface area contributed by atoms with Crippen molar-refractivity contribution < 1.29 is 14.6 Å². The summed E-state index contributed by atoms with van der Waals surface area (Å²) in [7, 11) is 0. The Balaban J connectivity index is 4.05. The van der Waals surface area contributed by atoms with E-state index in [1.807, 2.05) is 0 Å². The molecule has 0 rings (SSSR count). The molecule has 0 bridgehead atoms. The Labute approximate surface area is 72.7 Å². The molecule has 72 valence electrons. The first kappa shape index (κ1) is 11.4. The molecule has 0 aromatic heterocycles. The summed E-state index contributed by atoms with van der Waals surface area (Å²) in [5.41, 5.74) is 4.73. The van der Waals surface area contributed by atoms with E-state index in [-0.39, 0.29) is 0 Å². The van der Waals surface area contributed by atoms with E-state index in [4.69, 9.17) is 15.6 Å². The van der Waals surface area contributed by atoms with Gasteiger partial charge in [-0.15, -0.1) is 0 Å². The zero-order valence-corrected chi connectivity index (χ0v) is 8.00. The molecule has 0 fully saturated rings. The molecule has 0 saturated heterocycles. The van der Waals surface area contributed by atoms with Crippen molar-refractivity contribution in [3.05, 3.63) is 0 Å². The minimum Gasteiger partial charge on any atom is -0.458 e. The summed E-state index contributed by atoms with van der Waals surface area (Å²) >= 11 is 0. The van der Waals surface area contributed by atoms with Gasteiger partial charge in [-0.1, -0.05) is 0 Å². The van der Waals surface area contributed by atoms with Crippen LogP contribution in [-0.4, -0.2) is 28.8 Å². The molecule has 0 aromatic rings. The lowest BCUT2D eigenvalue weighted by Gasteiger charge is -2.22. The second-order valence-corrected chi connectivity index (χ2v) is 3.84. The molecule has 0 saturated carbocycles. The number of aliphatic hydroxyl groups is 1. The molecule has 0 heterocycles. The Bertz CT molecular complexity index is 160. The second kappa shape index (κ2) is 3.87. The van der Waals surface area contributed by atoms with E-state index in [9.17, 15) is 4.79 Å². The van der Waals surface area contributed by atoms with Crippen molar-refractivity contribution in [2.45, 2.75) is 45.4 Å². The predicted molar refractivity (Wildman–Crippen MR) is 45.5 cm³/mol. The summed E-state index contributed by atoms with van der Waals surface area (Å²) in [4.78, 5) is 11.0. The normalized spacial score (nSPS) is 16.8. The standard InChI is InChI=1S/C8H17NO3/c1-5(9)6(10)7(11)12-8(2,3)4/h5-6,10H,9H2,1-4H3/t5?,6-/m0/s1. The minimum absolute atomic E-state index is 0.576. The van der Waals surface area contributed by atoms with Crippen molar-refractivity contribution in [3.8, 4) is 0 Å². The van der Waals surface area contributed by atoms with Crippen molar-refractivity contribution in [1.82, 2.24) is 0 Å². The largest absolute Gasteiger partial charge is 0.458 e. The van der Waals surface area contributed by atoms with Gasteiger partial charge >= 0.3 is 5.97 Å². The number of esters is 1. The van der Waals surface area contributed by atoms with E-state index in [0.29, 0.717) is 0 Å². The number of hydrogen-bond donors (Lipinski definition) is 2. The lowest BCUT2D eigenvalue weighted by molar-refractivity contribution is -0.165. The molecular formula is C8H17NO3. The lowest BCUT2D eigenvalue weighted by Crippen LogP contribution is -2.42. The number of carbonyl (C=O) groups is 1. The van der Waals surface area contributed by atoms with Gasteiger partial charge in [-0.25, -0.2) is 4.79 Å². The van der Waals surface area contributed by atoms with Crippen LogP contribution in [0.5, 0.6) is 0 Å². The summed E-state index contributed by atoms with van der Waals surface area (Å²) in [6.07, 6.45) is -1.23. The van der Waals surface area contributed by atoms with Gasteiger partial charge in [-0.05, 0) is 27.7 Å². The number of aliphatic hydroxyl groups excluding tert-OH is 1. The van der Waals surface area contributed by atoms with Gasteiger partial charge in [0.25, 0.3) is 0 Å². The number of carbonyl (C=O) groups excluding carboxylic acids is 1. The molecule has 2 atom stereocenters. The molecule has 0 aromatic carbocycles. The highest BCUT2D eigenvalue weighted by Gasteiger charge is 2.25. The van der Waals surface area contributed by atoms with Gasteiger partial charge in [0.05, 0.1) is 0 Å². The number of nitrogens with two attached hydrogens (primary N) is 1. The second-order valence-electron chi connectivity index (χ2n) is 3.84. The van der Waals surface area contributed by atoms with Crippen molar-refractivity contribution >= 4 is 5.97 Å². The average Bonchev–Trinajstić information content (AvgIpc) is 1.82. The molecule has 0 aliphatic heterocycles. The maximum Gasteiger partial charge on any atom is 0.337 e. The number of hydrogen-bond acceptors (Lipinski definition) is 4. The van der Waals surface area contributed by atoms with Gasteiger partial charge in [-0.3, -0.25) is 0 Å². The fourth-order valence-corrected chi connectivity index (χ4v) is 0.577. The molecule has 1 unspecified atom stereocenters. The fraction of sp³-hybridized carbons (Fsp3) is 0.875. The average molecular weight is 175 g/mol. The van der Waals surface area contributed by atoms with Gasteiger partial charge in [0.2, 0.25) is 0 Å². The summed E-state index contributed by atoms with van der Waals surface area (Å²) in [5, 5.41) is 9.16. The Morgan fingerprint density at radius 2 is 1.92 bits per heavy atom. The van der Waals surface area contributed by atoms with E-state index in [1.165, 1.54) is 0 Å². The highest BCUT2D eigenvalue weighted by Crippen LogP contribution is 2.08. The molecule has 0 radical (unpaired) electrons. The smallest absolute Gasteiger partial charge is 0.337 e. The molecule has 4 nitrogen and oxygen atoms in total. The van der Waals surface area contributed by atoms with Crippen LogP contribution in [-0.2, 0) is 9.53 Å². The Morgan fingerprint density at radius 1 is 1.50 bits per heavy atom. The van der Waals surface area contributed by atoms with Crippen molar-refractivity contribution in [2.75, 3.05) is 0 Å². The zero-order chi connectivity index (χ0) is 9.94. The topological polar surface area (TPSA) is 72.5 Å². The van der Waals surface area contributed by atoms with Crippen LogP contribution in [0.3, 0.4) is 0 Å². The van der Waals surface area contributed by atoms with E-state index in [0.717, 1.165) is 0 Å². The third-order valence-corrected chi connectivity index (χ3v) is 1.15. The fourth-order valence-electron chi connectivity index (χ4n) is 0.577. The van der Waals surface area contributed by atoms with Crippen molar-refractivity contribution in [3.63, 3.8) is 0 Å². The van der Waals surface area contributed by atoms with Crippen LogP contribution in [0.2, 0.25) is 0 Å². The highest BCUT2D eigenvalue weighted by molar-refractivity contribution is 5.75. The van der Waals surface area contributed by atoms with Gasteiger partial charge in [0, 0.05) is 6.04 Å². The van der Waals surface area contributed by atoms with Crippen LogP contribution in [0.4, 0.5) is 0 Å². The van der Waals surface area contributed by atoms with E-state index in [2.05, 4.69) is 0 Å². The van der Waals surface area contributed by atoms with Gasteiger partial charge in [0.1, 0.15) is 5.60 Å². The van der Waals surface area contributed by atoms with Crippen LogP contribution in [0.15, 0.2) is 0 Å². The molecule has 3 N–H and O–H groups in total. The van der Waals surface area contributed by atoms with E-state index >= 15 is 0 Å². The van der Waals surface area contributed by atoms with E-state index in [1.54, 1.807) is 27.7 Å². The Hall–Kier alpha value is -0.610. The minimum atomic E-state index is -1.23. The maximum absolute atomic E-state index is 11.0. The molecule has 0 spiro atoms. The summed E-state index contributed by atoms with van der Waals surface area (Å²) < 4.78 is 4.89. The third kappa shape index (κ3) is 4.31. The Kier molecular flexibility index (Phi) is 3.67. The van der Waals surface area contributed by atoms with Crippen LogP contribution in [0.25, 0.3) is 0 Å². The highest BCUT2D eigenvalue weighted by atomic mass is 16.6. The monoisotopic (exact) mass is 175 g/mol. The quantitative estimate of drug-likeness (QED) is 0.581. The molecule has 12 heavy (non-hydrogen) atoms. The van der Waals surface area contributed by atoms with Crippen LogP contribution in [0.1, 0.15) is 27.7 Å². The number of ether oxygens (including phenoxy) is 1. The first-order valence-electron chi connectivity index (χ1n) is 3.90. The Morgan fingerprint density at radius 3 is 2.17 bits per heavy atom. The summed E-state index contributed by atoms with van der Waals surface area (Å²) in [6, 6.07) is -0.597. The lowest BCUT2D eigenvalue weighted by atomic mass is 10.1. The van der Waals surface area contributed by atoms with Gasteiger partial charge in [0.15, 0.2) is 6.10 Å². The zero-order valence-electron chi connectivity index (χ0n) is 8.00. The first-order chi connectivity index (χ1) is 5.24. The SMILES string of the molecule is CC(N)[C@H](O)C(=O)OC(C)(C)C. The van der Waals surface area contributed by atoms with Gasteiger partial charge in [-0.2, -0.15) is 0 Å². The predicted octanol–water partition coefficient (Wildman–Crippen LogP) is 0.0362. The van der Waals surface area contributed by atoms with Crippen LogP contribution < -0.4 is 5.73 Å². The van der Waals surface area contributed by atoms with Crippen molar-refractivity contribution in [2.24, 2.45) is 5.73 Å². The first-order valence-corrected chi connectivity index (χ1v) is 3.90. The summed E-state index contributed by atoms with van der Waals surface area (Å²) in [5.74, 6) is -0.669. The van der Waals surface area contributed by atoms with Crippen LogP contribution >= 0.6 is 0 Å². The third-order valence-electron chi connectivity index (χ3n) is 1.15. The van der Waals surface area contributed by atoms with Crippen molar-refractivity contribution in [1.29, 1.82) is 0 Å². The number of rotatable bonds is 2. The van der Waals surface area contributed by atoms with Gasteiger partial charge < -0.3 is 15.6 Å². The molecule has 0 aliphatic carbocycles. The molecule has 4 heteroatoms. The maximum atomic E-state index is 11.0.